The van der Waals surface area contributed by atoms with Gasteiger partial charge in [0.05, 0.1) is 0 Å². The fourth-order valence-electron chi connectivity index (χ4n) is 0.203. The molecule has 8 heavy (non-hydrogen) atoms. The molecule has 0 N–H and O–H groups in total. The van der Waals surface area contributed by atoms with Crippen molar-refractivity contribution in [2.24, 2.45) is 5.11 Å². The molecular formula is C4H6ClN3. The number of allylic oxidation sites excluding steroid dienone is 1. The van der Waals surface area contributed by atoms with Crippen molar-refractivity contribution in [1.82, 2.24) is 0 Å². The Kier molecular flexibility index (Phi) is 4.13. The van der Waals surface area contributed by atoms with Gasteiger partial charge in [0, 0.05) is 16.5 Å². The van der Waals surface area contributed by atoms with Crippen LogP contribution in [0.1, 0.15) is 6.92 Å². The molecule has 0 rings (SSSR count). The van der Waals surface area contributed by atoms with Gasteiger partial charge in [0.25, 0.3) is 0 Å². The Labute approximate surface area is 52.6 Å². The van der Waals surface area contributed by atoms with E-state index in [0.717, 1.165) is 0 Å². The van der Waals surface area contributed by atoms with E-state index < -0.39 is 0 Å². The second-order valence-corrected chi connectivity index (χ2v) is 1.80. The fraction of sp³-hybridized carbons (Fsp3) is 0.500. The van der Waals surface area contributed by atoms with Crippen LogP contribution in [0.4, 0.5) is 0 Å². The highest BCUT2D eigenvalue weighted by Crippen LogP contribution is 1.96. The Bertz CT molecular complexity index is 130. The molecule has 3 nitrogen and oxygen atoms in total. The van der Waals surface area contributed by atoms with Crippen molar-refractivity contribution in [3.05, 3.63) is 21.6 Å². The van der Waals surface area contributed by atoms with Gasteiger partial charge in [-0.25, -0.2) is 0 Å². The van der Waals surface area contributed by atoms with E-state index in [1.165, 1.54) is 0 Å². The van der Waals surface area contributed by atoms with Gasteiger partial charge < -0.3 is 0 Å². The average molecular weight is 132 g/mol. The van der Waals surface area contributed by atoms with Crippen LogP contribution in [0.5, 0.6) is 0 Å². The molecular weight excluding hydrogens is 126 g/mol. The Balaban J connectivity index is 3.44. The molecule has 0 aromatic carbocycles. The zero-order valence-electron chi connectivity index (χ0n) is 4.50. The SMILES string of the molecule is CC(Cl)=CCN=[N+]=[N-]. The van der Waals surface area contributed by atoms with Crippen molar-refractivity contribution >= 4 is 11.6 Å². The van der Waals surface area contributed by atoms with Gasteiger partial charge in [-0.15, -0.1) is 0 Å². The number of hydrogen-bond acceptors (Lipinski definition) is 1. The molecule has 0 atom stereocenters. The largest absolute Gasteiger partial charge is 0.0899 e. The van der Waals surface area contributed by atoms with Gasteiger partial charge in [-0.1, -0.05) is 22.8 Å². The zero-order chi connectivity index (χ0) is 6.41. The summed E-state index contributed by atoms with van der Waals surface area (Å²) in [5, 5.41) is 3.88. The van der Waals surface area contributed by atoms with Gasteiger partial charge in [-0.2, -0.15) is 0 Å². The highest BCUT2D eigenvalue weighted by molar-refractivity contribution is 6.29. The molecule has 0 amide bonds. The van der Waals surface area contributed by atoms with Crippen molar-refractivity contribution in [3.8, 4) is 0 Å². The van der Waals surface area contributed by atoms with E-state index in [0.29, 0.717) is 11.6 Å². The standard InChI is InChI=1S/C4H6ClN3/c1-4(5)2-3-7-8-6/h2H,3H2,1H3. The zero-order valence-corrected chi connectivity index (χ0v) is 5.26. The first-order chi connectivity index (χ1) is 3.77. The molecule has 0 fully saturated rings. The molecule has 0 saturated carbocycles. The smallest absolute Gasteiger partial charge is 0.0454 e. The average Bonchev–Trinajstić information content (AvgIpc) is 1.66. The summed E-state index contributed by atoms with van der Waals surface area (Å²) >= 11 is 5.39. The monoisotopic (exact) mass is 131 g/mol. The summed E-state index contributed by atoms with van der Waals surface area (Å²) in [4.78, 5) is 2.53. The third-order valence-corrected chi connectivity index (χ3v) is 0.672. The van der Waals surface area contributed by atoms with Crippen molar-refractivity contribution in [3.63, 3.8) is 0 Å². The first kappa shape index (κ1) is 7.34. The summed E-state index contributed by atoms with van der Waals surface area (Å²) < 4.78 is 0. The second-order valence-electron chi connectivity index (χ2n) is 1.20. The van der Waals surface area contributed by atoms with E-state index in [-0.39, 0.29) is 0 Å². The lowest BCUT2D eigenvalue weighted by molar-refractivity contribution is 1.20. The quantitative estimate of drug-likeness (QED) is 0.314. The molecule has 0 radical (unpaired) electrons. The van der Waals surface area contributed by atoms with Gasteiger partial charge >= 0.3 is 0 Å². The topological polar surface area (TPSA) is 48.8 Å². The van der Waals surface area contributed by atoms with Crippen molar-refractivity contribution in [2.45, 2.75) is 6.92 Å². The van der Waals surface area contributed by atoms with E-state index in [9.17, 15) is 0 Å². The fourth-order valence-corrected chi connectivity index (χ4v) is 0.272. The van der Waals surface area contributed by atoms with Crippen LogP contribution in [-0.2, 0) is 0 Å². The van der Waals surface area contributed by atoms with E-state index in [1.807, 2.05) is 0 Å². The molecule has 4 heteroatoms. The maximum Gasteiger partial charge on any atom is 0.0454 e. The molecule has 0 aliphatic carbocycles. The first-order valence-electron chi connectivity index (χ1n) is 2.10. The second kappa shape index (κ2) is 4.50. The number of halogens is 1. The Morgan fingerprint density at radius 2 is 2.62 bits per heavy atom. The van der Waals surface area contributed by atoms with Crippen LogP contribution >= 0.6 is 11.6 Å². The molecule has 0 aromatic heterocycles. The maximum atomic E-state index is 7.77. The Morgan fingerprint density at radius 3 is 3.00 bits per heavy atom. The van der Waals surface area contributed by atoms with Gasteiger partial charge in [0.1, 0.15) is 0 Å². The van der Waals surface area contributed by atoms with Gasteiger partial charge in [-0.05, 0) is 12.5 Å². The van der Waals surface area contributed by atoms with Crippen LogP contribution in [0.2, 0.25) is 0 Å². The van der Waals surface area contributed by atoms with E-state index in [4.69, 9.17) is 17.1 Å². The van der Waals surface area contributed by atoms with Crippen molar-refractivity contribution in [2.75, 3.05) is 6.54 Å². The summed E-state index contributed by atoms with van der Waals surface area (Å²) in [6, 6.07) is 0. The molecule has 0 unspecified atom stereocenters. The summed E-state index contributed by atoms with van der Waals surface area (Å²) in [5.74, 6) is 0. The van der Waals surface area contributed by atoms with Crippen LogP contribution < -0.4 is 0 Å². The summed E-state index contributed by atoms with van der Waals surface area (Å²) in [6.45, 7) is 2.07. The van der Waals surface area contributed by atoms with Crippen LogP contribution in [-0.4, -0.2) is 6.54 Å². The van der Waals surface area contributed by atoms with Gasteiger partial charge in [-0.3, -0.25) is 0 Å². The van der Waals surface area contributed by atoms with Gasteiger partial charge in [0.2, 0.25) is 0 Å². The number of hydrogen-bond donors (Lipinski definition) is 0. The number of nitrogens with zero attached hydrogens (tertiary/aromatic N) is 3. The lowest BCUT2D eigenvalue weighted by atomic mass is 10.5. The summed E-state index contributed by atoms with van der Waals surface area (Å²) in [5.41, 5.74) is 7.77. The summed E-state index contributed by atoms with van der Waals surface area (Å²) in [7, 11) is 0. The van der Waals surface area contributed by atoms with Crippen LogP contribution in [0.15, 0.2) is 16.2 Å². The van der Waals surface area contributed by atoms with Crippen molar-refractivity contribution < 1.29 is 0 Å². The third kappa shape index (κ3) is 5.34. The van der Waals surface area contributed by atoms with E-state index in [1.54, 1.807) is 13.0 Å². The summed E-state index contributed by atoms with van der Waals surface area (Å²) in [6.07, 6.45) is 1.64. The van der Waals surface area contributed by atoms with Crippen LogP contribution in [0.25, 0.3) is 10.4 Å². The highest BCUT2D eigenvalue weighted by Gasteiger charge is 1.74. The molecule has 0 heterocycles. The molecule has 0 bridgehead atoms. The minimum atomic E-state index is 0.339. The molecule has 0 spiro atoms. The molecule has 0 saturated heterocycles. The number of rotatable bonds is 2. The minimum Gasteiger partial charge on any atom is -0.0899 e. The van der Waals surface area contributed by atoms with E-state index in [2.05, 4.69) is 10.0 Å². The predicted molar refractivity (Wildman–Crippen MR) is 33.6 cm³/mol. The predicted octanol–water partition coefficient (Wildman–Crippen LogP) is 2.44. The maximum absolute atomic E-state index is 7.77. The molecule has 0 aliphatic heterocycles. The molecule has 0 aromatic rings. The lowest BCUT2D eigenvalue weighted by Gasteiger charge is -1.78. The number of azide groups is 1. The Hall–Kier alpha value is -0.660. The van der Waals surface area contributed by atoms with Crippen LogP contribution in [0.3, 0.4) is 0 Å². The lowest BCUT2D eigenvalue weighted by Crippen LogP contribution is -1.66. The highest BCUT2D eigenvalue weighted by atomic mass is 35.5. The Morgan fingerprint density at radius 1 is 2.00 bits per heavy atom. The van der Waals surface area contributed by atoms with Crippen LogP contribution in [0, 0.1) is 0 Å². The molecule has 0 aliphatic rings. The van der Waals surface area contributed by atoms with E-state index >= 15 is 0 Å². The van der Waals surface area contributed by atoms with Gasteiger partial charge in [0.15, 0.2) is 0 Å². The normalized spacial score (nSPS) is 10.5. The first-order valence-corrected chi connectivity index (χ1v) is 2.48. The third-order valence-electron chi connectivity index (χ3n) is 0.517. The van der Waals surface area contributed by atoms with Crippen molar-refractivity contribution in [1.29, 1.82) is 0 Å². The minimum absolute atomic E-state index is 0.339. The molecule has 44 valence electrons.